The number of nitrogens with one attached hydrogen (secondary N) is 1. The number of piperidine rings is 3. The lowest BCUT2D eigenvalue weighted by Gasteiger charge is -2.41. The second-order valence-electron chi connectivity index (χ2n) is 15.6. The van der Waals surface area contributed by atoms with Crippen molar-refractivity contribution < 1.29 is 28.7 Å². The first-order valence-corrected chi connectivity index (χ1v) is 20.2. The van der Waals surface area contributed by atoms with E-state index in [9.17, 15) is 19.2 Å². The second kappa shape index (κ2) is 16.8. The molecule has 0 bridgehead atoms. The van der Waals surface area contributed by atoms with Crippen LogP contribution in [-0.4, -0.2) is 107 Å². The largest absolute Gasteiger partial charge is 0.444 e. The van der Waals surface area contributed by atoms with Crippen molar-refractivity contribution in [1.82, 2.24) is 19.6 Å². The number of carbonyl (C=O) groups is 4. The Hall–Kier alpha value is -3.32. The molecule has 52 heavy (non-hydrogen) atoms. The first kappa shape index (κ1) is 38.4. The molecule has 4 heterocycles. The van der Waals surface area contributed by atoms with E-state index in [1.54, 1.807) is 4.90 Å². The minimum Gasteiger partial charge on any atom is -0.444 e. The third-order valence-corrected chi connectivity index (χ3v) is 11.8. The molecule has 1 atom stereocenters. The van der Waals surface area contributed by atoms with E-state index in [-0.39, 0.29) is 30.5 Å². The molecule has 2 aromatic carbocycles. The number of anilines is 1. The maximum absolute atomic E-state index is 14.1. The number of hydrogen-bond acceptors (Lipinski definition) is 6. The third-order valence-electron chi connectivity index (χ3n) is 10.9. The fourth-order valence-corrected chi connectivity index (χ4v) is 9.48. The quantitative estimate of drug-likeness (QED) is 0.319. The predicted molar refractivity (Wildman–Crippen MR) is 206 cm³/mol. The SMILES string of the molecule is CC(C)(C)OC(=O)N1CCC(C2CCN(C(=O)[C@@H](Cc3cc(Br)cc(Br)c3)OC(=O)N3CCC(N4CCc5ccccc5NC4=O)CC3)CC2)CC1. The van der Waals surface area contributed by atoms with Crippen LogP contribution in [0.25, 0.3) is 0 Å². The van der Waals surface area contributed by atoms with Crippen LogP contribution in [0.1, 0.15) is 70.4 Å². The summed E-state index contributed by atoms with van der Waals surface area (Å²) in [6.45, 7) is 9.78. The summed E-state index contributed by atoms with van der Waals surface area (Å²) in [4.78, 5) is 60.7. The van der Waals surface area contributed by atoms with Crippen LogP contribution < -0.4 is 5.32 Å². The highest BCUT2D eigenvalue weighted by Crippen LogP contribution is 2.34. The maximum Gasteiger partial charge on any atom is 0.410 e. The lowest BCUT2D eigenvalue weighted by Crippen LogP contribution is -2.52. The molecule has 4 aliphatic rings. The van der Waals surface area contributed by atoms with E-state index in [0.29, 0.717) is 70.5 Å². The Labute approximate surface area is 324 Å². The van der Waals surface area contributed by atoms with Gasteiger partial charge in [0.2, 0.25) is 0 Å². The fourth-order valence-electron chi connectivity index (χ4n) is 8.09. The number of nitrogens with zero attached hydrogens (tertiary/aromatic N) is 4. The summed E-state index contributed by atoms with van der Waals surface area (Å²) in [7, 11) is 0. The van der Waals surface area contributed by atoms with Crippen LogP contribution in [0, 0.1) is 11.8 Å². The van der Waals surface area contributed by atoms with Crippen LogP contribution in [0.5, 0.6) is 0 Å². The van der Waals surface area contributed by atoms with Gasteiger partial charge in [-0.1, -0.05) is 50.1 Å². The molecule has 0 aromatic heterocycles. The van der Waals surface area contributed by atoms with Crippen LogP contribution in [0.15, 0.2) is 51.4 Å². The van der Waals surface area contributed by atoms with Gasteiger partial charge in [0.15, 0.2) is 6.10 Å². The summed E-state index contributed by atoms with van der Waals surface area (Å²) in [6, 6.07) is 13.6. The van der Waals surface area contributed by atoms with Gasteiger partial charge in [-0.2, -0.15) is 0 Å². The van der Waals surface area contributed by atoms with Gasteiger partial charge >= 0.3 is 18.2 Å². The Morgan fingerprint density at radius 1 is 0.788 bits per heavy atom. The smallest absolute Gasteiger partial charge is 0.410 e. The zero-order valence-corrected chi connectivity index (χ0v) is 33.6. The maximum atomic E-state index is 14.1. The Morgan fingerprint density at radius 2 is 1.35 bits per heavy atom. The van der Waals surface area contributed by atoms with Crippen LogP contribution in [-0.2, 0) is 27.1 Å². The summed E-state index contributed by atoms with van der Waals surface area (Å²) in [5.74, 6) is 0.814. The predicted octanol–water partition coefficient (Wildman–Crippen LogP) is 7.70. The molecule has 1 N–H and O–H groups in total. The number of rotatable bonds is 6. The van der Waals surface area contributed by atoms with Crippen molar-refractivity contribution in [2.75, 3.05) is 51.1 Å². The van der Waals surface area contributed by atoms with Crippen molar-refractivity contribution in [2.24, 2.45) is 11.8 Å². The Kier molecular flexibility index (Phi) is 12.4. The number of carbonyl (C=O) groups excluding carboxylic acids is 4. The van der Waals surface area contributed by atoms with Gasteiger partial charge in [0.25, 0.3) is 5.91 Å². The van der Waals surface area contributed by atoms with E-state index in [4.69, 9.17) is 9.47 Å². The first-order chi connectivity index (χ1) is 24.8. The van der Waals surface area contributed by atoms with Crippen LogP contribution in [0.4, 0.5) is 20.1 Å². The van der Waals surface area contributed by atoms with Gasteiger partial charge in [0.1, 0.15) is 5.60 Å². The average Bonchev–Trinajstić information content (AvgIpc) is 3.28. The summed E-state index contributed by atoms with van der Waals surface area (Å²) in [5, 5.41) is 3.05. The molecule has 4 aliphatic heterocycles. The monoisotopic (exact) mass is 843 g/mol. The molecule has 13 heteroatoms. The molecular formula is C39H51Br2N5O6. The number of para-hydroxylation sites is 1. The number of hydrogen-bond donors (Lipinski definition) is 1. The lowest BCUT2D eigenvalue weighted by atomic mass is 9.79. The standard InChI is InChI=1S/C39H51Br2N5O6/c1-39(2,3)52-38(50)45-17-10-28(11-18-45)27-8-15-43(16-9-27)35(47)34(24-26-22-30(40)25-31(41)23-26)51-37(49)44-19-13-32(14-20-44)46-21-12-29-6-4-5-7-33(29)42-36(46)48/h4-7,22-23,25,27-28,32,34H,8-21,24H2,1-3H3,(H,42,48)/t34-/m1/s1. The first-order valence-electron chi connectivity index (χ1n) is 18.7. The highest BCUT2D eigenvalue weighted by atomic mass is 79.9. The van der Waals surface area contributed by atoms with Crippen molar-refractivity contribution in [3.8, 4) is 0 Å². The van der Waals surface area contributed by atoms with Crippen LogP contribution in [0.2, 0.25) is 0 Å². The van der Waals surface area contributed by atoms with Gasteiger partial charge in [-0.05, 0) is 113 Å². The molecular weight excluding hydrogens is 794 g/mol. The van der Waals surface area contributed by atoms with E-state index < -0.39 is 17.8 Å². The van der Waals surface area contributed by atoms with Gasteiger partial charge < -0.3 is 34.4 Å². The third kappa shape index (κ3) is 9.80. The minimum absolute atomic E-state index is 0.0145. The Balaban J connectivity index is 1.04. The number of amides is 5. The van der Waals surface area contributed by atoms with Crippen molar-refractivity contribution in [3.05, 3.63) is 62.5 Å². The molecule has 0 unspecified atom stereocenters. The molecule has 2 aromatic rings. The van der Waals surface area contributed by atoms with Gasteiger partial charge in [-0.25, -0.2) is 14.4 Å². The summed E-state index contributed by atoms with van der Waals surface area (Å²) in [5.41, 5.74) is 2.35. The van der Waals surface area contributed by atoms with Crippen molar-refractivity contribution in [1.29, 1.82) is 0 Å². The fraction of sp³-hybridized carbons (Fsp3) is 0.590. The van der Waals surface area contributed by atoms with Gasteiger partial charge in [0.05, 0.1) is 0 Å². The van der Waals surface area contributed by atoms with E-state index in [2.05, 4.69) is 37.2 Å². The molecule has 0 saturated carbocycles. The normalized spacial score (nSPS) is 20.1. The van der Waals surface area contributed by atoms with Gasteiger partial charge in [-0.3, -0.25) is 4.79 Å². The summed E-state index contributed by atoms with van der Waals surface area (Å²) in [6.07, 6.45) is 4.24. The lowest BCUT2D eigenvalue weighted by molar-refractivity contribution is -0.142. The number of urea groups is 1. The Bertz CT molecular complexity index is 1590. The summed E-state index contributed by atoms with van der Waals surface area (Å²) >= 11 is 7.10. The molecule has 3 saturated heterocycles. The zero-order chi connectivity index (χ0) is 37.0. The number of likely N-dealkylation sites (tertiary alicyclic amines) is 3. The highest BCUT2D eigenvalue weighted by molar-refractivity contribution is 9.11. The van der Waals surface area contributed by atoms with Gasteiger partial charge in [-0.15, -0.1) is 0 Å². The number of fused-ring (bicyclic) bond motifs is 1. The van der Waals surface area contributed by atoms with E-state index in [0.717, 1.165) is 57.9 Å². The topological polar surface area (TPSA) is 112 Å². The molecule has 0 radical (unpaired) electrons. The number of halogens is 2. The van der Waals surface area contributed by atoms with Crippen LogP contribution >= 0.6 is 31.9 Å². The minimum atomic E-state index is -0.963. The molecule has 6 rings (SSSR count). The zero-order valence-electron chi connectivity index (χ0n) is 30.5. The highest BCUT2D eigenvalue weighted by Gasteiger charge is 2.37. The van der Waals surface area contributed by atoms with Crippen molar-refractivity contribution >= 4 is 61.7 Å². The van der Waals surface area contributed by atoms with Crippen molar-refractivity contribution in [2.45, 2.75) is 89.9 Å². The van der Waals surface area contributed by atoms with Crippen molar-refractivity contribution in [3.63, 3.8) is 0 Å². The number of ether oxygens (including phenoxy) is 2. The Morgan fingerprint density at radius 3 is 1.96 bits per heavy atom. The molecule has 0 aliphatic carbocycles. The van der Waals surface area contributed by atoms with E-state index >= 15 is 0 Å². The second-order valence-corrected chi connectivity index (χ2v) is 17.4. The molecule has 282 valence electrons. The molecule has 11 nitrogen and oxygen atoms in total. The molecule has 5 amide bonds. The van der Waals surface area contributed by atoms with E-state index in [1.807, 2.05) is 77.9 Å². The van der Waals surface area contributed by atoms with Gasteiger partial charge in [0, 0.05) is 72.9 Å². The molecule has 3 fully saturated rings. The van der Waals surface area contributed by atoms with E-state index in [1.165, 1.54) is 0 Å². The van der Waals surface area contributed by atoms with Crippen LogP contribution in [0.3, 0.4) is 0 Å². The average molecular weight is 846 g/mol. The molecule has 0 spiro atoms. The summed E-state index contributed by atoms with van der Waals surface area (Å²) < 4.78 is 13.4. The number of benzene rings is 2.